The van der Waals surface area contributed by atoms with Crippen LogP contribution in [0.25, 0.3) is 0 Å². The van der Waals surface area contributed by atoms with Crippen LogP contribution in [0.5, 0.6) is 0 Å². The SMILES string of the molecule is Cc1ccc(F)c(C2CN=C(N)N2Cc2cccs2)c1. The summed E-state index contributed by atoms with van der Waals surface area (Å²) in [5.74, 6) is 0.297. The molecule has 2 N–H and O–H groups in total. The lowest BCUT2D eigenvalue weighted by Gasteiger charge is -2.26. The van der Waals surface area contributed by atoms with Crippen LogP contribution in [0, 0.1) is 12.7 Å². The highest BCUT2D eigenvalue weighted by Crippen LogP contribution is 2.30. The molecule has 0 bridgehead atoms. The predicted molar refractivity (Wildman–Crippen MR) is 80.2 cm³/mol. The van der Waals surface area contributed by atoms with E-state index < -0.39 is 0 Å². The maximum Gasteiger partial charge on any atom is 0.192 e. The summed E-state index contributed by atoms with van der Waals surface area (Å²) in [6.45, 7) is 3.15. The van der Waals surface area contributed by atoms with E-state index in [0.717, 1.165) is 5.56 Å². The highest BCUT2D eigenvalue weighted by Gasteiger charge is 2.29. The largest absolute Gasteiger partial charge is 0.370 e. The Balaban J connectivity index is 1.90. The molecular weight excluding hydrogens is 273 g/mol. The van der Waals surface area contributed by atoms with Gasteiger partial charge in [-0.2, -0.15) is 0 Å². The standard InChI is InChI=1S/C15H16FN3S/c1-10-4-5-13(16)12(7-10)14-8-18-15(17)19(14)9-11-3-2-6-20-11/h2-7,14H,8-9H2,1H3,(H2,17,18). The van der Waals surface area contributed by atoms with Crippen LogP contribution < -0.4 is 5.73 Å². The molecule has 0 fully saturated rings. The van der Waals surface area contributed by atoms with E-state index in [1.54, 1.807) is 17.4 Å². The Morgan fingerprint density at radius 1 is 1.45 bits per heavy atom. The third kappa shape index (κ3) is 2.41. The molecule has 0 spiro atoms. The fourth-order valence-corrected chi connectivity index (χ4v) is 3.18. The van der Waals surface area contributed by atoms with Crippen LogP contribution in [0.15, 0.2) is 40.7 Å². The first kappa shape index (κ1) is 13.1. The van der Waals surface area contributed by atoms with Gasteiger partial charge in [-0.3, -0.25) is 4.99 Å². The maximum atomic E-state index is 14.1. The van der Waals surface area contributed by atoms with Gasteiger partial charge in [-0.25, -0.2) is 4.39 Å². The van der Waals surface area contributed by atoms with E-state index in [1.807, 2.05) is 29.3 Å². The summed E-state index contributed by atoms with van der Waals surface area (Å²) in [4.78, 5) is 7.46. The van der Waals surface area contributed by atoms with Crippen molar-refractivity contribution in [3.63, 3.8) is 0 Å². The summed E-state index contributed by atoms with van der Waals surface area (Å²) in [5, 5.41) is 2.03. The van der Waals surface area contributed by atoms with E-state index in [-0.39, 0.29) is 11.9 Å². The van der Waals surface area contributed by atoms with Gasteiger partial charge >= 0.3 is 0 Å². The van der Waals surface area contributed by atoms with Crippen molar-refractivity contribution < 1.29 is 4.39 Å². The molecule has 1 aromatic carbocycles. The van der Waals surface area contributed by atoms with E-state index in [1.165, 1.54) is 10.9 Å². The van der Waals surface area contributed by atoms with Gasteiger partial charge in [0, 0.05) is 10.4 Å². The Hall–Kier alpha value is -1.88. The molecule has 2 heterocycles. The smallest absolute Gasteiger partial charge is 0.192 e. The number of benzene rings is 1. The number of guanidine groups is 1. The van der Waals surface area contributed by atoms with Gasteiger partial charge in [-0.1, -0.05) is 23.8 Å². The number of hydrogen-bond donors (Lipinski definition) is 1. The Bertz CT molecular complexity index is 637. The number of rotatable bonds is 3. The lowest BCUT2D eigenvalue weighted by Crippen LogP contribution is -2.35. The molecule has 1 aliphatic heterocycles. The van der Waals surface area contributed by atoms with Crippen LogP contribution >= 0.6 is 11.3 Å². The quantitative estimate of drug-likeness (QED) is 0.943. The maximum absolute atomic E-state index is 14.1. The second-order valence-electron chi connectivity index (χ2n) is 4.95. The van der Waals surface area contributed by atoms with Crippen LogP contribution in [0.2, 0.25) is 0 Å². The fraction of sp³-hybridized carbons (Fsp3) is 0.267. The molecule has 3 rings (SSSR count). The Morgan fingerprint density at radius 3 is 3.05 bits per heavy atom. The van der Waals surface area contributed by atoms with Gasteiger partial charge in [-0.15, -0.1) is 11.3 Å². The third-order valence-electron chi connectivity index (χ3n) is 3.51. The minimum Gasteiger partial charge on any atom is -0.370 e. The normalized spacial score (nSPS) is 18.4. The van der Waals surface area contributed by atoms with Gasteiger partial charge in [0.25, 0.3) is 0 Å². The zero-order valence-electron chi connectivity index (χ0n) is 11.2. The summed E-state index contributed by atoms with van der Waals surface area (Å²) < 4.78 is 14.1. The van der Waals surface area contributed by atoms with Gasteiger partial charge in [0.15, 0.2) is 5.96 Å². The van der Waals surface area contributed by atoms with Crippen molar-refractivity contribution in [2.75, 3.05) is 6.54 Å². The van der Waals surface area contributed by atoms with Gasteiger partial charge < -0.3 is 10.6 Å². The van der Waals surface area contributed by atoms with Gasteiger partial charge in [0.05, 0.1) is 19.1 Å². The number of nitrogens with two attached hydrogens (primary N) is 1. The van der Waals surface area contributed by atoms with Crippen molar-refractivity contribution in [3.05, 3.63) is 57.5 Å². The summed E-state index contributed by atoms with van der Waals surface area (Å²) >= 11 is 1.67. The Morgan fingerprint density at radius 2 is 2.30 bits per heavy atom. The highest BCUT2D eigenvalue weighted by atomic mass is 32.1. The molecule has 1 atom stereocenters. The molecule has 1 aromatic heterocycles. The van der Waals surface area contributed by atoms with Crippen molar-refractivity contribution >= 4 is 17.3 Å². The second kappa shape index (κ2) is 5.25. The van der Waals surface area contributed by atoms with Gasteiger partial charge in [0.2, 0.25) is 0 Å². The number of thiophene rings is 1. The molecule has 0 radical (unpaired) electrons. The summed E-state index contributed by atoms with van der Waals surface area (Å²) in [6, 6.07) is 9.13. The summed E-state index contributed by atoms with van der Waals surface area (Å²) in [5.41, 5.74) is 7.69. The third-order valence-corrected chi connectivity index (χ3v) is 4.37. The van der Waals surface area contributed by atoms with Crippen molar-refractivity contribution in [1.29, 1.82) is 0 Å². The number of nitrogens with zero attached hydrogens (tertiary/aromatic N) is 2. The molecule has 0 amide bonds. The molecule has 0 saturated heterocycles. The van der Waals surface area contributed by atoms with Crippen LogP contribution in [0.4, 0.5) is 4.39 Å². The van der Waals surface area contributed by atoms with Crippen LogP contribution in [-0.2, 0) is 6.54 Å². The number of halogens is 1. The molecule has 104 valence electrons. The van der Waals surface area contributed by atoms with Crippen LogP contribution in [0.1, 0.15) is 22.0 Å². The monoisotopic (exact) mass is 289 g/mol. The minimum absolute atomic E-state index is 0.114. The fourth-order valence-electron chi connectivity index (χ4n) is 2.48. The topological polar surface area (TPSA) is 41.6 Å². The second-order valence-corrected chi connectivity index (χ2v) is 5.98. The van der Waals surface area contributed by atoms with E-state index >= 15 is 0 Å². The highest BCUT2D eigenvalue weighted by molar-refractivity contribution is 7.09. The summed E-state index contributed by atoms with van der Waals surface area (Å²) in [7, 11) is 0. The first-order chi connectivity index (χ1) is 9.65. The van der Waals surface area contributed by atoms with E-state index in [0.29, 0.717) is 24.6 Å². The number of hydrogen-bond acceptors (Lipinski definition) is 4. The molecule has 0 saturated carbocycles. The van der Waals surface area contributed by atoms with Gasteiger partial charge in [0.1, 0.15) is 5.82 Å². The zero-order chi connectivity index (χ0) is 14.1. The van der Waals surface area contributed by atoms with Crippen LogP contribution in [-0.4, -0.2) is 17.4 Å². The number of aliphatic imine (C=N–C) groups is 1. The molecule has 5 heteroatoms. The van der Waals surface area contributed by atoms with Crippen LogP contribution in [0.3, 0.4) is 0 Å². The van der Waals surface area contributed by atoms with Crippen molar-refractivity contribution in [2.24, 2.45) is 10.7 Å². The molecular formula is C15H16FN3S. The Labute approximate surface area is 121 Å². The first-order valence-corrected chi connectivity index (χ1v) is 7.38. The average Bonchev–Trinajstić information content (AvgIpc) is 3.05. The van der Waals surface area contributed by atoms with Crippen molar-refractivity contribution in [3.8, 4) is 0 Å². The molecule has 20 heavy (non-hydrogen) atoms. The lowest BCUT2D eigenvalue weighted by molar-refractivity contribution is 0.334. The number of aryl methyl sites for hydroxylation is 1. The molecule has 1 unspecified atom stereocenters. The molecule has 0 aliphatic carbocycles. The first-order valence-electron chi connectivity index (χ1n) is 6.50. The summed E-state index contributed by atoms with van der Waals surface area (Å²) in [6.07, 6.45) is 0. The zero-order valence-corrected chi connectivity index (χ0v) is 12.0. The van der Waals surface area contributed by atoms with E-state index in [2.05, 4.69) is 11.1 Å². The predicted octanol–water partition coefficient (Wildman–Crippen LogP) is 3.07. The van der Waals surface area contributed by atoms with Crippen molar-refractivity contribution in [1.82, 2.24) is 4.90 Å². The lowest BCUT2D eigenvalue weighted by atomic mass is 10.0. The van der Waals surface area contributed by atoms with Crippen molar-refractivity contribution in [2.45, 2.75) is 19.5 Å². The van der Waals surface area contributed by atoms with E-state index in [9.17, 15) is 4.39 Å². The Kier molecular flexibility index (Phi) is 3.44. The molecule has 1 aliphatic rings. The molecule has 3 nitrogen and oxygen atoms in total. The minimum atomic E-state index is -0.193. The molecule has 2 aromatic rings. The van der Waals surface area contributed by atoms with Gasteiger partial charge in [-0.05, 0) is 24.4 Å². The average molecular weight is 289 g/mol. The van der Waals surface area contributed by atoms with E-state index in [4.69, 9.17) is 5.73 Å².